The molecule has 0 bridgehead atoms. The van der Waals surface area contributed by atoms with Crippen LogP contribution in [0.25, 0.3) is 21.7 Å². The lowest BCUT2D eigenvalue weighted by Gasteiger charge is -2.06. The summed E-state index contributed by atoms with van der Waals surface area (Å²) in [5, 5.41) is 9.82. The van der Waals surface area contributed by atoms with Crippen molar-refractivity contribution in [1.82, 2.24) is 20.1 Å². The molecule has 29 heavy (non-hydrogen) atoms. The van der Waals surface area contributed by atoms with Gasteiger partial charge in [-0.15, -0.1) is 11.3 Å². The Kier molecular flexibility index (Phi) is 5.81. The maximum absolute atomic E-state index is 12.2. The van der Waals surface area contributed by atoms with Gasteiger partial charge in [-0.05, 0) is 41.6 Å². The van der Waals surface area contributed by atoms with Crippen molar-refractivity contribution in [2.75, 3.05) is 6.54 Å². The van der Waals surface area contributed by atoms with Gasteiger partial charge < -0.3 is 5.32 Å². The van der Waals surface area contributed by atoms with E-state index in [0.717, 1.165) is 27.3 Å². The first-order chi connectivity index (χ1) is 14.2. The Hall–Kier alpha value is -3.25. The number of hydrogen-bond donors (Lipinski definition) is 1. The quantitative estimate of drug-likeness (QED) is 0.500. The van der Waals surface area contributed by atoms with E-state index in [0.29, 0.717) is 19.5 Å². The Labute approximate surface area is 174 Å². The predicted octanol–water partition coefficient (Wildman–Crippen LogP) is 4.34. The molecule has 0 radical (unpaired) electrons. The molecule has 1 amide bonds. The van der Waals surface area contributed by atoms with E-state index in [-0.39, 0.29) is 5.91 Å². The standard InChI is InChI=1S/C23H22N4OS/c1-17-4-6-18(7-5-17)15-22(28)25-12-13-27-16-20(19-8-10-24-11-9-19)23(26-27)21-3-2-14-29-21/h2-11,14,16H,12-13,15H2,1H3,(H,25,28). The molecule has 0 aliphatic rings. The van der Waals surface area contributed by atoms with Gasteiger partial charge in [-0.1, -0.05) is 35.9 Å². The van der Waals surface area contributed by atoms with E-state index in [4.69, 9.17) is 5.10 Å². The topological polar surface area (TPSA) is 59.8 Å². The number of aryl methyl sites for hydroxylation is 1. The molecule has 0 spiro atoms. The summed E-state index contributed by atoms with van der Waals surface area (Å²) in [5.74, 6) is 0.0221. The summed E-state index contributed by atoms with van der Waals surface area (Å²) in [6, 6.07) is 16.1. The van der Waals surface area contributed by atoms with Crippen LogP contribution in [0.2, 0.25) is 0 Å². The highest BCUT2D eigenvalue weighted by Gasteiger charge is 2.14. The fraction of sp³-hybridized carbons (Fsp3) is 0.174. The van der Waals surface area contributed by atoms with Gasteiger partial charge in [-0.3, -0.25) is 14.5 Å². The number of pyridine rings is 1. The highest BCUT2D eigenvalue weighted by atomic mass is 32.1. The number of carbonyl (C=O) groups excluding carboxylic acids is 1. The predicted molar refractivity (Wildman–Crippen MR) is 117 cm³/mol. The van der Waals surface area contributed by atoms with Crippen LogP contribution in [0.3, 0.4) is 0 Å². The van der Waals surface area contributed by atoms with Crippen molar-refractivity contribution in [3.63, 3.8) is 0 Å². The smallest absolute Gasteiger partial charge is 0.224 e. The number of aromatic nitrogens is 3. The van der Waals surface area contributed by atoms with Crippen LogP contribution < -0.4 is 5.32 Å². The third-order valence-corrected chi connectivity index (χ3v) is 5.53. The molecule has 1 aromatic carbocycles. The minimum absolute atomic E-state index is 0.0221. The van der Waals surface area contributed by atoms with Crippen molar-refractivity contribution in [1.29, 1.82) is 0 Å². The van der Waals surface area contributed by atoms with Gasteiger partial charge >= 0.3 is 0 Å². The number of carbonyl (C=O) groups is 1. The van der Waals surface area contributed by atoms with Gasteiger partial charge in [0.1, 0.15) is 5.69 Å². The average molecular weight is 403 g/mol. The van der Waals surface area contributed by atoms with Crippen LogP contribution in [0.4, 0.5) is 0 Å². The molecule has 0 aliphatic carbocycles. The summed E-state index contributed by atoms with van der Waals surface area (Å²) in [4.78, 5) is 17.5. The summed E-state index contributed by atoms with van der Waals surface area (Å²) in [6.07, 6.45) is 6.00. The molecule has 0 aliphatic heterocycles. The Morgan fingerprint density at radius 1 is 1.10 bits per heavy atom. The monoisotopic (exact) mass is 402 g/mol. The summed E-state index contributed by atoms with van der Waals surface area (Å²) in [7, 11) is 0. The van der Waals surface area contributed by atoms with Crippen molar-refractivity contribution >= 4 is 17.2 Å². The minimum Gasteiger partial charge on any atom is -0.354 e. The van der Waals surface area contributed by atoms with E-state index in [2.05, 4.69) is 21.7 Å². The van der Waals surface area contributed by atoms with Crippen LogP contribution >= 0.6 is 11.3 Å². The molecule has 146 valence electrons. The zero-order valence-corrected chi connectivity index (χ0v) is 17.0. The lowest BCUT2D eigenvalue weighted by molar-refractivity contribution is -0.120. The molecule has 0 saturated carbocycles. The number of nitrogens with zero attached hydrogens (tertiary/aromatic N) is 3. The van der Waals surface area contributed by atoms with Crippen LogP contribution in [-0.2, 0) is 17.8 Å². The summed E-state index contributed by atoms with van der Waals surface area (Å²) in [5.41, 5.74) is 5.32. The molecule has 0 saturated heterocycles. The van der Waals surface area contributed by atoms with E-state index >= 15 is 0 Å². The van der Waals surface area contributed by atoms with Crippen LogP contribution in [0, 0.1) is 6.92 Å². The third kappa shape index (κ3) is 4.78. The van der Waals surface area contributed by atoms with Gasteiger partial charge in [0.15, 0.2) is 0 Å². The Morgan fingerprint density at radius 3 is 2.62 bits per heavy atom. The highest BCUT2D eigenvalue weighted by Crippen LogP contribution is 2.33. The van der Waals surface area contributed by atoms with Crippen LogP contribution in [0.5, 0.6) is 0 Å². The molecule has 4 rings (SSSR count). The maximum atomic E-state index is 12.2. The molecule has 3 heterocycles. The molecule has 5 nitrogen and oxygen atoms in total. The van der Waals surface area contributed by atoms with Crippen molar-refractivity contribution in [2.24, 2.45) is 0 Å². The first kappa shape index (κ1) is 19.1. The van der Waals surface area contributed by atoms with Gasteiger partial charge in [0.25, 0.3) is 0 Å². The summed E-state index contributed by atoms with van der Waals surface area (Å²) in [6.45, 7) is 3.19. The summed E-state index contributed by atoms with van der Waals surface area (Å²) >= 11 is 1.67. The number of rotatable bonds is 7. The fourth-order valence-electron chi connectivity index (χ4n) is 3.14. The van der Waals surface area contributed by atoms with E-state index < -0.39 is 0 Å². The molecular weight excluding hydrogens is 380 g/mol. The largest absolute Gasteiger partial charge is 0.354 e. The third-order valence-electron chi connectivity index (χ3n) is 4.66. The lowest BCUT2D eigenvalue weighted by Crippen LogP contribution is -2.28. The Balaban J connectivity index is 1.42. The van der Waals surface area contributed by atoms with Crippen LogP contribution in [-0.4, -0.2) is 27.2 Å². The van der Waals surface area contributed by atoms with E-state index in [1.165, 1.54) is 5.56 Å². The van der Waals surface area contributed by atoms with Gasteiger partial charge in [-0.25, -0.2) is 0 Å². The number of thiophene rings is 1. The van der Waals surface area contributed by atoms with E-state index in [1.54, 1.807) is 23.7 Å². The first-order valence-corrected chi connectivity index (χ1v) is 10.4. The van der Waals surface area contributed by atoms with E-state index in [1.807, 2.05) is 60.3 Å². The molecule has 1 N–H and O–H groups in total. The van der Waals surface area contributed by atoms with Crippen LogP contribution in [0.15, 0.2) is 72.5 Å². The van der Waals surface area contributed by atoms with Crippen LogP contribution in [0.1, 0.15) is 11.1 Å². The van der Waals surface area contributed by atoms with Gasteiger partial charge in [0.05, 0.1) is 17.8 Å². The molecule has 0 fully saturated rings. The molecular formula is C23H22N4OS. The summed E-state index contributed by atoms with van der Waals surface area (Å²) < 4.78 is 1.90. The molecule has 6 heteroatoms. The van der Waals surface area contributed by atoms with Crippen molar-refractivity contribution in [3.05, 3.63) is 83.6 Å². The van der Waals surface area contributed by atoms with Crippen molar-refractivity contribution < 1.29 is 4.79 Å². The van der Waals surface area contributed by atoms with Gasteiger partial charge in [-0.2, -0.15) is 5.10 Å². The second-order valence-corrected chi connectivity index (χ2v) is 7.83. The number of amides is 1. The zero-order chi connectivity index (χ0) is 20.1. The molecule has 3 aromatic heterocycles. The fourth-order valence-corrected chi connectivity index (χ4v) is 3.86. The number of nitrogens with one attached hydrogen (secondary N) is 1. The number of benzene rings is 1. The number of hydrogen-bond acceptors (Lipinski definition) is 4. The molecule has 0 unspecified atom stereocenters. The Morgan fingerprint density at radius 2 is 1.90 bits per heavy atom. The normalized spacial score (nSPS) is 10.8. The molecule has 0 atom stereocenters. The first-order valence-electron chi connectivity index (χ1n) is 9.53. The second-order valence-electron chi connectivity index (χ2n) is 6.88. The van der Waals surface area contributed by atoms with Gasteiger partial charge in [0, 0.05) is 30.7 Å². The van der Waals surface area contributed by atoms with Gasteiger partial charge in [0.2, 0.25) is 5.91 Å². The lowest BCUT2D eigenvalue weighted by atomic mass is 10.1. The SMILES string of the molecule is Cc1ccc(CC(=O)NCCn2cc(-c3ccncc3)c(-c3cccs3)n2)cc1. The second kappa shape index (κ2) is 8.84. The maximum Gasteiger partial charge on any atom is 0.224 e. The zero-order valence-electron chi connectivity index (χ0n) is 16.2. The van der Waals surface area contributed by atoms with E-state index in [9.17, 15) is 4.79 Å². The highest BCUT2D eigenvalue weighted by molar-refractivity contribution is 7.13. The van der Waals surface area contributed by atoms with Crippen molar-refractivity contribution in [3.8, 4) is 21.7 Å². The average Bonchev–Trinajstić information content (AvgIpc) is 3.40. The Bertz CT molecular complexity index is 1070. The molecule has 4 aromatic rings. The van der Waals surface area contributed by atoms with Crippen molar-refractivity contribution in [2.45, 2.75) is 19.9 Å². The minimum atomic E-state index is 0.0221.